The Morgan fingerprint density at radius 1 is 1.42 bits per heavy atom. The topological polar surface area (TPSA) is 21.7 Å². The second kappa shape index (κ2) is 6.82. The van der Waals surface area contributed by atoms with Crippen molar-refractivity contribution >= 4 is 0 Å². The van der Waals surface area contributed by atoms with Crippen LogP contribution in [0.5, 0.6) is 5.75 Å². The number of benzene rings is 1. The van der Waals surface area contributed by atoms with E-state index in [0.29, 0.717) is 6.54 Å². The Bertz CT molecular complexity index is 401. The predicted molar refractivity (Wildman–Crippen MR) is 68.4 cm³/mol. The second-order valence-electron chi connectivity index (χ2n) is 4.76. The summed E-state index contributed by atoms with van der Waals surface area (Å²) in [6, 6.07) is 6.95. The van der Waals surface area contributed by atoms with Gasteiger partial charge in [-0.25, -0.2) is 0 Å². The van der Waals surface area contributed by atoms with Crippen molar-refractivity contribution in [2.24, 2.45) is 0 Å². The molecule has 19 heavy (non-hydrogen) atoms. The first-order chi connectivity index (χ1) is 9.15. The monoisotopic (exact) mass is 271 g/mol. The molecule has 0 amide bonds. The minimum absolute atomic E-state index is 0.172. The molecule has 0 spiro atoms. The second-order valence-corrected chi connectivity index (χ2v) is 4.76. The van der Waals surface area contributed by atoms with Crippen molar-refractivity contribution in [3.8, 4) is 5.75 Å². The molecule has 0 N–H and O–H groups in total. The molecule has 1 aromatic carbocycles. The number of hydrogen-bond acceptors (Lipinski definition) is 3. The predicted octanol–water partition coefficient (Wildman–Crippen LogP) is 2.90. The smallest absolute Gasteiger partial charge is 0.387 e. The third-order valence-corrected chi connectivity index (χ3v) is 3.12. The molecule has 2 rings (SSSR count). The molecular weight excluding hydrogens is 252 g/mol. The maximum Gasteiger partial charge on any atom is 0.387 e. The molecule has 1 saturated heterocycles. The van der Waals surface area contributed by atoms with E-state index in [-0.39, 0.29) is 11.9 Å². The third kappa shape index (κ3) is 4.44. The van der Waals surface area contributed by atoms with Gasteiger partial charge in [0.1, 0.15) is 5.75 Å². The van der Waals surface area contributed by atoms with Gasteiger partial charge in [-0.3, -0.25) is 4.90 Å². The van der Waals surface area contributed by atoms with Crippen LogP contribution in [0.15, 0.2) is 24.3 Å². The van der Waals surface area contributed by atoms with Crippen LogP contribution in [0, 0.1) is 0 Å². The van der Waals surface area contributed by atoms with E-state index in [1.165, 1.54) is 0 Å². The van der Waals surface area contributed by atoms with E-state index in [0.717, 1.165) is 31.7 Å². The summed E-state index contributed by atoms with van der Waals surface area (Å²) >= 11 is 0. The molecule has 1 aromatic rings. The first-order valence-corrected chi connectivity index (χ1v) is 6.52. The molecule has 1 atom stereocenters. The lowest BCUT2D eigenvalue weighted by molar-refractivity contribution is -0.0508. The van der Waals surface area contributed by atoms with Crippen molar-refractivity contribution in [2.75, 3.05) is 19.7 Å². The van der Waals surface area contributed by atoms with Crippen LogP contribution in [-0.2, 0) is 11.3 Å². The van der Waals surface area contributed by atoms with Crippen LogP contribution in [0.2, 0.25) is 0 Å². The molecule has 1 heterocycles. The molecule has 1 fully saturated rings. The quantitative estimate of drug-likeness (QED) is 0.840. The Labute approximate surface area is 112 Å². The van der Waals surface area contributed by atoms with E-state index < -0.39 is 6.61 Å². The summed E-state index contributed by atoms with van der Waals surface area (Å²) in [5, 5.41) is 0. The molecule has 1 aliphatic rings. The van der Waals surface area contributed by atoms with E-state index in [1.807, 2.05) is 19.1 Å². The summed E-state index contributed by atoms with van der Waals surface area (Å²) in [5.41, 5.74) is 0.789. The van der Waals surface area contributed by atoms with Crippen molar-refractivity contribution in [1.29, 1.82) is 0 Å². The van der Waals surface area contributed by atoms with Gasteiger partial charge in [0.25, 0.3) is 0 Å². The summed E-state index contributed by atoms with van der Waals surface area (Å²) < 4.78 is 34.8. The molecule has 1 aliphatic heterocycles. The third-order valence-electron chi connectivity index (χ3n) is 3.12. The molecular formula is C14H19F2NO2. The van der Waals surface area contributed by atoms with Crippen molar-refractivity contribution in [1.82, 2.24) is 4.90 Å². The van der Waals surface area contributed by atoms with Gasteiger partial charge >= 0.3 is 6.61 Å². The molecule has 5 heteroatoms. The number of para-hydroxylation sites is 1. The van der Waals surface area contributed by atoms with Crippen LogP contribution in [0.25, 0.3) is 0 Å². The Hall–Kier alpha value is -1.20. The largest absolute Gasteiger partial charge is 0.434 e. The van der Waals surface area contributed by atoms with E-state index in [4.69, 9.17) is 4.74 Å². The number of rotatable bonds is 4. The standard InChI is InChI=1S/C14H19F2NO2/c1-11-9-17(7-4-8-18-11)10-12-5-2-3-6-13(12)19-14(15)16/h2-3,5-6,11,14H,4,7-10H2,1H3/t11-/m0/s1. The molecule has 3 nitrogen and oxygen atoms in total. The Morgan fingerprint density at radius 2 is 2.21 bits per heavy atom. The summed E-state index contributed by atoms with van der Waals surface area (Å²) in [4.78, 5) is 2.21. The molecule has 0 radical (unpaired) electrons. The highest BCUT2D eigenvalue weighted by Crippen LogP contribution is 2.22. The zero-order chi connectivity index (χ0) is 13.7. The van der Waals surface area contributed by atoms with E-state index >= 15 is 0 Å². The average molecular weight is 271 g/mol. The zero-order valence-corrected chi connectivity index (χ0v) is 11.0. The summed E-state index contributed by atoms with van der Waals surface area (Å²) in [6.07, 6.45) is 1.13. The Kier molecular flexibility index (Phi) is 5.10. The van der Waals surface area contributed by atoms with Gasteiger partial charge in [-0.05, 0) is 19.4 Å². The highest BCUT2D eigenvalue weighted by molar-refractivity contribution is 5.33. The van der Waals surface area contributed by atoms with Crippen molar-refractivity contribution in [3.63, 3.8) is 0 Å². The molecule has 0 aliphatic carbocycles. The zero-order valence-electron chi connectivity index (χ0n) is 11.0. The van der Waals surface area contributed by atoms with Gasteiger partial charge in [-0.15, -0.1) is 0 Å². The van der Waals surface area contributed by atoms with Crippen molar-refractivity contribution < 1.29 is 18.3 Å². The van der Waals surface area contributed by atoms with E-state index in [2.05, 4.69) is 9.64 Å². The number of halogens is 2. The lowest BCUT2D eigenvalue weighted by Crippen LogP contribution is -2.30. The number of alkyl halides is 2. The van der Waals surface area contributed by atoms with Gasteiger partial charge in [0.2, 0.25) is 0 Å². The fourth-order valence-electron chi connectivity index (χ4n) is 2.31. The van der Waals surface area contributed by atoms with Crippen LogP contribution in [0.4, 0.5) is 8.78 Å². The molecule has 0 saturated carbocycles. The lowest BCUT2D eigenvalue weighted by Gasteiger charge is -2.23. The first kappa shape index (κ1) is 14.2. The highest BCUT2D eigenvalue weighted by Gasteiger charge is 2.17. The van der Waals surface area contributed by atoms with E-state index in [1.54, 1.807) is 12.1 Å². The van der Waals surface area contributed by atoms with Gasteiger partial charge < -0.3 is 9.47 Å². The van der Waals surface area contributed by atoms with Gasteiger partial charge in [-0.2, -0.15) is 8.78 Å². The Balaban J connectivity index is 2.04. The highest BCUT2D eigenvalue weighted by atomic mass is 19.3. The van der Waals surface area contributed by atoms with Crippen molar-refractivity contribution in [3.05, 3.63) is 29.8 Å². The molecule has 0 aromatic heterocycles. The van der Waals surface area contributed by atoms with Crippen LogP contribution in [-0.4, -0.2) is 37.3 Å². The number of hydrogen-bond donors (Lipinski definition) is 0. The van der Waals surface area contributed by atoms with Crippen LogP contribution in [0.3, 0.4) is 0 Å². The molecule has 0 bridgehead atoms. The fourth-order valence-corrected chi connectivity index (χ4v) is 2.31. The minimum Gasteiger partial charge on any atom is -0.434 e. The summed E-state index contributed by atoms with van der Waals surface area (Å²) in [5.74, 6) is 0.260. The van der Waals surface area contributed by atoms with Gasteiger partial charge in [0, 0.05) is 31.8 Å². The summed E-state index contributed by atoms with van der Waals surface area (Å²) in [6.45, 7) is 2.33. The van der Waals surface area contributed by atoms with Gasteiger partial charge in [-0.1, -0.05) is 18.2 Å². The van der Waals surface area contributed by atoms with E-state index in [9.17, 15) is 8.78 Å². The van der Waals surface area contributed by atoms with Gasteiger partial charge in [0.05, 0.1) is 6.10 Å². The molecule has 0 unspecified atom stereocenters. The number of ether oxygens (including phenoxy) is 2. The maximum atomic E-state index is 12.4. The maximum absolute atomic E-state index is 12.4. The van der Waals surface area contributed by atoms with Crippen LogP contribution >= 0.6 is 0 Å². The number of nitrogens with zero attached hydrogens (tertiary/aromatic N) is 1. The normalized spacial score (nSPS) is 21.4. The summed E-state index contributed by atoms with van der Waals surface area (Å²) in [7, 11) is 0. The minimum atomic E-state index is -2.78. The first-order valence-electron chi connectivity index (χ1n) is 6.52. The SMILES string of the molecule is C[C@H]1CN(Cc2ccccc2OC(F)F)CCCO1. The van der Waals surface area contributed by atoms with Gasteiger partial charge in [0.15, 0.2) is 0 Å². The molecule has 106 valence electrons. The average Bonchev–Trinajstić information content (AvgIpc) is 2.55. The van der Waals surface area contributed by atoms with Crippen molar-refractivity contribution in [2.45, 2.75) is 32.6 Å². The fraction of sp³-hybridized carbons (Fsp3) is 0.571. The lowest BCUT2D eigenvalue weighted by atomic mass is 10.2. The van der Waals surface area contributed by atoms with Crippen LogP contribution in [0.1, 0.15) is 18.9 Å². The van der Waals surface area contributed by atoms with Crippen LogP contribution < -0.4 is 4.74 Å². The Morgan fingerprint density at radius 3 is 3.00 bits per heavy atom.